The van der Waals surface area contributed by atoms with Crippen molar-refractivity contribution in [1.29, 1.82) is 0 Å². The molecule has 0 radical (unpaired) electrons. The maximum atomic E-state index is 5.90. The summed E-state index contributed by atoms with van der Waals surface area (Å²) in [6.07, 6.45) is 3.60. The van der Waals surface area contributed by atoms with Gasteiger partial charge in [0.25, 0.3) is 0 Å². The number of nitrogens with two attached hydrogens (primary N) is 1. The molecule has 1 fully saturated rings. The van der Waals surface area contributed by atoms with Crippen LogP contribution in [0.4, 0.5) is 0 Å². The lowest BCUT2D eigenvalue weighted by molar-refractivity contribution is 0.197. The second-order valence-electron chi connectivity index (χ2n) is 5.95. The van der Waals surface area contributed by atoms with E-state index in [9.17, 15) is 0 Å². The Labute approximate surface area is 128 Å². The fraction of sp³-hybridized carbons (Fsp3) is 0.588. The van der Waals surface area contributed by atoms with Crippen molar-refractivity contribution in [3.05, 3.63) is 35.9 Å². The molecule has 3 N–H and O–H groups in total. The number of hydrogen-bond acceptors (Lipinski definition) is 2. The number of aliphatic imine (C=N–C) groups is 1. The van der Waals surface area contributed by atoms with Crippen LogP contribution in [0.15, 0.2) is 35.3 Å². The van der Waals surface area contributed by atoms with Crippen LogP contribution in [0.3, 0.4) is 0 Å². The van der Waals surface area contributed by atoms with E-state index >= 15 is 0 Å². The highest BCUT2D eigenvalue weighted by atomic mass is 15.2. The van der Waals surface area contributed by atoms with Crippen molar-refractivity contribution in [2.24, 2.45) is 16.6 Å². The van der Waals surface area contributed by atoms with Gasteiger partial charge < -0.3 is 16.0 Å². The van der Waals surface area contributed by atoms with Gasteiger partial charge >= 0.3 is 0 Å². The minimum absolute atomic E-state index is 0.566. The molecule has 0 spiro atoms. The van der Waals surface area contributed by atoms with Crippen LogP contribution in [0.2, 0.25) is 0 Å². The lowest BCUT2D eigenvalue weighted by Gasteiger charge is -2.29. The second-order valence-corrected chi connectivity index (χ2v) is 5.95. The third kappa shape index (κ3) is 6.17. The van der Waals surface area contributed by atoms with Crippen molar-refractivity contribution in [2.45, 2.75) is 26.2 Å². The van der Waals surface area contributed by atoms with Crippen LogP contribution in [0, 0.1) is 5.92 Å². The van der Waals surface area contributed by atoms with Crippen LogP contribution in [0.5, 0.6) is 0 Å². The Morgan fingerprint density at radius 1 is 1.29 bits per heavy atom. The number of likely N-dealkylation sites (tertiary alicyclic amines) is 1. The summed E-state index contributed by atoms with van der Waals surface area (Å²) in [7, 11) is 0. The van der Waals surface area contributed by atoms with Crippen LogP contribution < -0.4 is 11.1 Å². The third-order valence-corrected chi connectivity index (χ3v) is 4.14. The van der Waals surface area contributed by atoms with E-state index in [1.54, 1.807) is 0 Å². The van der Waals surface area contributed by atoms with Crippen molar-refractivity contribution < 1.29 is 0 Å². The molecule has 1 saturated heterocycles. The number of piperidine rings is 1. The van der Waals surface area contributed by atoms with E-state index < -0.39 is 0 Å². The number of nitrogens with zero attached hydrogens (tertiary/aromatic N) is 2. The first-order chi connectivity index (χ1) is 10.2. The molecular weight excluding hydrogens is 260 g/mol. The zero-order valence-corrected chi connectivity index (χ0v) is 13.1. The lowest BCUT2D eigenvalue weighted by atomic mass is 9.99. The van der Waals surface area contributed by atoms with Gasteiger partial charge in [-0.25, -0.2) is 0 Å². The van der Waals surface area contributed by atoms with Gasteiger partial charge in [0.1, 0.15) is 0 Å². The van der Waals surface area contributed by atoms with Crippen LogP contribution in [-0.4, -0.2) is 43.6 Å². The summed E-state index contributed by atoms with van der Waals surface area (Å²) >= 11 is 0. The first-order valence-electron chi connectivity index (χ1n) is 8.04. The molecule has 1 heterocycles. The Kier molecular flexibility index (Phi) is 6.54. The average Bonchev–Trinajstić information content (AvgIpc) is 2.50. The van der Waals surface area contributed by atoms with Gasteiger partial charge in [0.15, 0.2) is 5.96 Å². The molecule has 2 rings (SSSR count). The second kappa shape index (κ2) is 8.67. The van der Waals surface area contributed by atoms with Gasteiger partial charge in [-0.2, -0.15) is 0 Å². The first kappa shape index (κ1) is 15.8. The van der Waals surface area contributed by atoms with Gasteiger partial charge in [-0.05, 0) is 43.8 Å². The molecule has 0 saturated carbocycles. The summed E-state index contributed by atoms with van der Waals surface area (Å²) in [4.78, 5) is 6.90. The van der Waals surface area contributed by atoms with Crippen LogP contribution in [-0.2, 0) is 6.42 Å². The maximum absolute atomic E-state index is 5.90. The van der Waals surface area contributed by atoms with Gasteiger partial charge in [0.05, 0.1) is 6.54 Å². The average molecular weight is 288 g/mol. The van der Waals surface area contributed by atoms with Crippen molar-refractivity contribution in [3.63, 3.8) is 0 Å². The van der Waals surface area contributed by atoms with Crippen LogP contribution in [0.1, 0.15) is 25.3 Å². The van der Waals surface area contributed by atoms with E-state index in [0.717, 1.165) is 32.0 Å². The van der Waals surface area contributed by atoms with E-state index in [-0.39, 0.29) is 0 Å². The number of guanidine groups is 1. The molecule has 0 unspecified atom stereocenters. The molecule has 1 aliphatic heterocycles. The monoisotopic (exact) mass is 288 g/mol. The standard InChI is InChI=1S/C17H28N4/c1-15-8-12-21(13-9-15)14-11-20-17(18)19-10-7-16-5-3-2-4-6-16/h2-6,15H,7-14H2,1H3,(H3,18,19,20). The van der Waals surface area contributed by atoms with E-state index in [4.69, 9.17) is 5.73 Å². The predicted octanol–water partition coefficient (Wildman–Crippen LogP) is 1.87. The summed E-state index contributed by atoms with van der Waals surface area (Å²) in [5.74, 6) is 1.45. The Bertz CT molecular complexity index is 422. The highest BCUT2D eigenvalue weighted by molar-refractivity contribution is 5.77. The Morgan fingerprint density at radius 2 is 2.00 bits per heavy atom. The van der Waals surface area contributed by atoms with Crippen molar-refractivity contribution in [1.82, 2.24) is 10.2 Å². The van der Waals surface area contributed by atoms with Crippen LogP contribution in [0.25, 0.3) is 0 Å². The normalized spacial score (nSPS) is 17.9. The first-order valence-corrected chi connectivity index (χ1v) is 8.04. The lowest BCUT2D eigenvalue weighted by Crippen LogP contribution is -2.36. The van der Waals surface area contributed by atoms with Gasteiger partial charge in [0, 0.05) is 13.1 Å². The molecule has 0 aromatic heterocycles. The van der Waals surface area contributed by atoms with E-state index in [1.165, 1.54) is 31.5 Å². The largest absolute Gasteiger partial charge is 0.370 e. The molecule has 1 aromatic rings. The molecule has 4 nitrogen and oxygen atoms in total. The smallest absolute Gasteiger partial charge is 0.188 e. The van der Waals surface area contributed by atoms with Gasteiger partial charge in [-0.15, -0.1) is 0 Å². The Balaban J connectivity index is 1.58. The summed E-state index contributed by atoms with van der Waals surface area (Å²) in [5, 5.41) is 3.19. The van der Waals surface area contributed by atoms with E-state index in [0.29, 0.717) is 5.96 Å². The van der Waals surface area contributed by atoms with Crippen molar-refractivity contribution >= 4 is 5.96 Å². The Hall–Kier alpha value is -1.55. The molecule has 1 aromatic carbocycles. The number of benzene rings is 1. The topological polar surface area (TPSA) is 53.6 Å². The fourth-order valence-electron chi connectivity index (χ4n) is 2.63. The molecule has 0 amide bonds. The van der Waals surface area contributed by atoms with Gasteiger partial charge in [0.2, 0.25) is 0 Å². The van der Waals surface area contributed by atoms with E-state index in [1.807, 2.05) is 6.07 Å². The molecule has 4 heteroatoms. The molecule has 1 aliphatic rings. The summed E-state index contributed by atoms with van der Waals surface area (Å²) in [6, 6.07) is 10.4. The quantitative estimate of drug-likeness (QED) is 0.620. The van der Waals surface area contributed by atoms with Gasteiger partial charge in [-0.3, -0.25) is 4.99 Å². The van der Waals surface area contributed by atoms with Gasteiger partial charge in [-0.1, -0.05) is 37.3 Å². The highest BCUT2D eigenvalue weighted by Crippen LogP contribution is 2.15. The summed E-state index contributed by atoms with van der Waals surface area (Å²) < 4.78 is 0. The van der Waals surface area contributed by atoms with Crippen molar-refractivity contribution in [3.8, 4) is 0 Å². The molecule has 0 atom stereocenters. The third-order valence-electron chi connectivity index (χ3n) is 4.14. The maximum Gasteiger partial charge on any atom is 0.188 e. The minimum atomic E-state index is 0.566. The number of hydrogen-bond donors (Lipinski definition) is 2. The number of rotatable bonds is 6. The summed E-state index contributed by atoms with van der Waals surface area (Å²) in [6.45, 7) is 7.40. The zero-order chi connectivity index (χ0) is 14.9. The SMILES string of the molecule is CC1CCN(CCN=C(N)NCCc2ccccc2)CC1. The summed E-state index contributed by atoms with van der Waals surface area (Å²) in [5.41, 5.74) is 7.22. The molecule has 0 aliphatic carbocycles. The van der Waals surface area contributed by atoms with Crippen LogP contribution >= 0.6 is 0 Å². The predicted molar refractivity (Wildman–Crippen MR) is 89.5 cm³/mol. The fourth-order valence-corrected chi connectivity index (χ4v) is 2.63. The van der Waals surface area contributed by atoms with Crippen molar-refractivity contribution in [2.75, 3.05) is 32.7 Å². The minimum Gasteiger partial charge on any atom is -0.370 e. The molecule has 116 valence electrons. The Morgan fingerprint density at radius 3 is 2.71 bits per heavy atom. The molecule has 0 bridgehead atoms. The molecule has 21 heavy (non-hydrogen) atoms. The number of nitrogens with one attached hydrogen (secondary N) is 1. The molecular formula is C17H28N4. The highest BCUT2D eigenvalue weighted by Gasteiger charge is 2.14. The van der Waals surface area contributed by atoms with E-state index in [2.05, 4.69) is 46.4 Å². The zero-order valence-electron chi connectivity index (χ0n) is 13.1.